The summed E-state index contributed by atoms with van der Waals surface area (Å²) < 4.78 is 61.9. The SMILES string of the molecule is CC(C)C(=O)SCCNC(=O)CCNC(=O)[C@@H](O)C(C)(C)COP(=O)(O)OP(=O)(O)OC[C@H]1O[C@@H](n2cnc3c(N)ncnc32)[C@H](O)[C@@H]1OP(=O)(O)O. The van der Waals surface area contributed by atoms with E-state index >= 15 is 0 Å². The van der Waals surface area contributed by atoms with E-state index in [1.54, 1.807) is 13.8 Å². The quantitative estimate of drug-likeness (QED) is 0.0589. The second-order valence-corrected chi connectivity index (χ2v) is 17.7. The van der Waals surface area contributed by atoms with Crippen molar-refractivity contribution in [2.24, 2.45) is 11.3 Å². The van der Waals surface area contributed by atoms with Crippen LogP contribution in [0.4, 0.5) is 5.82 Å². The molecule has 3 heterocycles. The molecule has 1 fully saturated rings. The van der Waals surface area contributed by atoms with Crippen LogP contribution in [0.2, 0.25) is 0 Å². The van der Waals surface area contributed by atoms with Crippen LogP contribution in [0.25, 0.3) is 11.2 Å². The van der Waals surface area contributed by atoms with Gasteiger partial charge in [0.2, 0.25) is 11.8 Å². The van der Waals surface area contributed by atoms with Crippen molar-refractivity contribution in [1.82, 2.24) is 30.2 Å². The van der Waals surface area contributed by atoms with Crippen molar-refractivity contribution >= 4 is 69.1 Å². The van der Waals surface area contributed by atoms with Gasteiger partial charge in [-0.05, 0) is 0 Å². The Bertz CT molecular complexity index is 1760. The second-order valence-electron chi connectivity index (χ2n) is 12.4. The summed E-state index contributed by atoms with van der Waals surface area (Å²) in [5, 5.41) is 26.3. The number of anilines is 1. The minimum atomic E-state index is -5.56. The Labute approximate surface area is 306 Å². The van der Waals surface area contributed by atoms with Gasteiger partial charge in [0.1, 0.15) is 36.3 Å². The number of aromatic nitrogens is 4. The lowest BCUT2D eigenvalue weighted by atomic mass is 9.87. The van der Waals surface area contributed by atoms with Crippen molar-refractivity contribution in [2.75, 3.05) is 37.8 Å². The number of aliphatic hydroxyl groups excluding tert-OH is 2. The highest BCUT2D eigenvalue weighted by atomic mass is 32.2. The highest BCUT2D eigenvalue weighted by Gasteiger charge is 2.50. The number of nitrogens with one attached hydrogen (secondary N) is 2. The molecule has 0 aromatic carbocycles. The molecular weight excluding hydrogens is 795 g/mol. The molecule has 2 aromatic rings. The maximum atomic E-state index is 12.6. The van der Waals surface area contributed by atoms with Crippen LogP contribution in [0.5, 0.6) is 0 Å². The molecule has 1 saturated heterocycles. The minimum Gasteiger partial charge on any atom is -0.386 e. The summed E-state index contributed by atoms with van der Waals surface area (Å²) in [7, 11) is -16.4. The maximum Gasteiger partial charge on any atom is 0.481 e. The minimum absolute atomic E-state index is 0.0174. The van der Waals surface area contributed by atoms with E-state index in [1.165, 1.54) is 13.8 Å². The van der Waals surface area contributed by atoms with Gasteiger partial charge in [-0.1, -0.05) is 39.5 Å². The Morgan fingerprint density at radius 2 is 1.72 bits per heavy atom. The number of fused-ring (bicyclic) bond motifs is 1. The molecule has 300 valence electrons. The van der Waals surface area contributed by atoms with E-state index < -0.39 is 84.6 Å². The van der Waals surface area contributed by atoms with Crippen LogP contribution in [0.3, 0.4) is 0 Å². The van der Waals surface area contributed by atoms with E-state index in [2.05, 4.69) is 34.4 Å². The molecular formula is C25H42N7O17P3S. The zero-order valence-electron chi connectivity index (χ0n) is 28.7. The fourth-order valence-corrected chi connectivity index (χ4v) is 8.02. The molecule has 7 atom stereocenters. The Morgan fingerprint density at radius 1 is 1.06 bits per heavy atom. The number of nitrogens with zero attached hydrogens (tertiary/aromatic N) is 4. The number of phosphoric acid groups is 3. The number of thioether (sulfide) groups is 1. The normalized spacial score (nSPS) is 22.3. The van der Waals surface area contributed by atoms with Gasteiger partial charge in [0, 0.05) is 36.6 Å². The summed E-state index contributed by atoms with van der Waals surface area (Å²) in [4.78, 5) is 86.9. The molecule has 10 N–H and O–H groups in total. The average molecular weight is 838 g/mol. The number of hydrogen-bond acceptors (Lipinski definition) is 18. The molecule has 0 bridgehead atoms. The molecule has 0 saturated carbocycles. The van der Waals surface area contributed by atoms with Crippen LogP contribution < -0.4 is 16.4 Å². The molecule has 53 heavy (non-hydrogen) atoms. The van der Waals surface area contributed by atoms with E-state index in [0.717, 1.165) is 29.0 Å². The Morgan fingerprint density at radius 3 is 2.36 bits per heavy atom. The number of nitrogen functional groups attached to an aromatic ring is 1. The second kappa shape index (κ2) is 18.5. The third-order valence-electron chi connectivity index (χ3n) is 7.22. The van der Waals surface area contributed by atoms with Gasteiger partial charge in [0.05, 0.1) is 19.5 Å². The van der Waals surface area contributed by atoms with Crippen molar-refractivity contribution in [3.8, 4) is 0 Å². The van der Waals surface area contributed by atoms with Crippen LogP contribution in [-0.4, -0.2) is 123 Å². The van der Waals surface area contributed by atoms with Crippen LogP contribution in [0.15, 0.2) is 12.7 Å². The van der Waals surface area contributed by atoms with Crippen molar-refractivity contribution in [3.63, 3.8) is 0 Å². The molecule has 1 aliphatic heterocycles. The molecule has 2 amide bonds. The highest BCUT2D eigenvalue weighted by Crippen LogP contribution is 2.61. The van der Waals surface area contributed by atoms with E-state index in [9.17, 15) is 57.9 Å². The predicted molar refractivity (Wildman–Crippen MR) is 182 cm³/mol. The number of ether oxygens (including phenoxy) is 1. The molecule has 28 heteroatoms. The zero-order chi connectivity index (χ0) is 39.9. The summed E-state index contributed by atoms with van der Waals surface area (Å²) >= 11 is 1.08. The van der Waals surface area contributed by atoms with Gasteiger partial charge in [-0.25, -0.2) is 28.6 Å². The first-order valence-corrected chi connectivity index (χ1v) is 21.0. The zero-order valence-corrected chi connectivity index (χ0v) is 32.2. The Hall–Kier alpha value is -2.44. The number of rotatable bonds is 20. The molecule has 2 aromatic heterocycles. The van der Waals surface area contributed by atoms with Gasteiger partial charge < -0.3 is 50.9 Å². The summed E-state index contributed by atoms with van der Waals surface area (Å²) in [5.41, 5.74) is 4.26. The van der Waals surface area contributed by atoms with Crippen molar-refractivity contribution < 1.29 is 80.5 Å². The molecule has 24 nitrogen and oxygen atoms in total. The van der Waals surface area contributed by atoms with E-state index in [1.807, 2.05) is 0 Å². The number of nitrogens with two attached hydrogens (primary N) is 1. The van der Waals surface area contributed by atoms with Gasteiger partial charge >= 0.3 is 23.5 Å². The van der Waals surface area contributed by atoms with Crippen molar-refractivity contribution in [1.29, 1.82) is 0 Å². The van der Waals surface area contributed by atoms with E-state index in [4.69, 9.17) is 19.5 Å². The summed E-state index contributed by atoms with van der Waals surface area (Å²) in [6.45, 7) is 4.03. The van der Waals surface area contributed by atoms with Crippen molar-refractivity contribution in [2.45, 2.75) is 64.8 Å². The molecule has 2 unspecified atom stereocenters. The van der Waals surface area contributed by atoms with Crippen LogP contribution in [0, 0.1) is 11.3 Å². The van der Waals surface area contributed by atoms with E-state index in [0.29, 0.717) is 5.75 Å². The summed E-state index contributed by atoms with van der Waals surface area (Å²) in [6.07, 6.45) is -6.89. The number of imidazole rings is 1. The lowest BCUT2D eigenvalue weighted by Gasteiger charge is -2.30. The van der Waals surface area contributed by atoms with Crippen LogP contribution >= 0.6 is 35.2 Å². The maximum absolute atomic E-state index is 12.6. The number of phosphoric ester groups is 3. The first-order valence-electron chi connectivity index (χ1n) is 15.5. The Balaban J connectivity index is 1.52. The number of carbonyl (C=O) groups excluding carboxylic acids is 3. The monoisotopic (exact) mass is 837 g/mol. The molecule has 3 rings (SSSR count). The van der Waals surface area contributed by atoms with Gasteiger partial charge in [-0.2, -0.15) is 4.31 Å². The van der Waals surface area contributed by atoms with Crippen LogP contribution in [0.1, 0.15) is 40.3 Å². The lowest BCUT2D eigenvalue weighted by Crippen LogP contribution is -2.46. The largest absolute Gasteiger partial charge is 0.481 e. The third-order valence-corrected chi connectivity index (χ3v) is 11.5. The first kappa shape index (κ1) is 45.0. The van der Waals surface area contributed by atoms with Gasteiger partial charge in [-0.15, -0.1) is 0 Å². The van der Waals surface area contributed by atoms with E-state index in [-0.39, 0.29) is 47.5 Å². The summed E-state index contributed by atoms with van der Waals surface area (Å²) in [5.74, 6) is -1.22. The number of aliphatic hydroxyl groups is 2. The summed E-state index contributed by atoms with van der Waals surface area (Å²) in [6, 6.07) is 0. The number of carbonyl (C=O) groups is 3. The number of hydrogen-bond donors (Lipinski definition) is 9. The molecule has 0 radical (unpaired) electrons. The third kappa shape index (κ3) is 13.4. The fourth-order valence-electron chi connectivity index (χ4n) is 4.45. The average Bonchev–Trinajstić information content (AvgIpc) is 3.60. The number of amides is 2. The molecule has 1 aliphatic rings. The highest BCUT2D eigenvalue weighted by molar-refractivity contribution is 8.13. The van der Waals surface area contributed by atoms with Crippen molar-refractivity contribution in [3.05, 3.63) is 12.7 Å². The molecule has 0 spiro atoms. The lowest BCUT2D eigenvalue weighted by molar-refractivity contribution is -0.137. The van der Waals surface area contributed by atoms with Gasteiger partial charge in [-0.3, -0.25) is 32.5 Å². The molecule has 0 aliphatic carbocycles. The smallest absolute Gasteiger partial charge is 0.386 e. The predicted octanol–water partition coefficient (Wildman–Crippen LogP) is -0.679. The fraction of sp³-hybridized carbons (Fsp3) is 0.680. The Kier molecular flexibility index (Phi) is 15.7. The topological polar surface area (TPSA) is 364 Å². The standard InChI is InChI=1S/C25H42N7O17P3S/c1-13(2)24(37)53-8-7-27-15(33)5-6-28-22(36)19(35)25(3,4)10-46-52(43,44)49-51(41,42)45-9-14-18(48-50(38,39)40)17(34)23(47-14)32-12-31-16-20(26)29-11-30-21(16)32/h11-14,17-19,23,34-35H,5-10H2,1-4H3,(H,27,33)(H,28,36)(H,41,42)(H,43,44)(H2,26,29,30)(H2,38,39,40)/t14-,17-,18-,19-,23-/m1/s1. The van der Waals surface area contributed by atoms with Crippen LogP contribution in [-0.2, 0) is 50.7 Å². The first-order chi connectivity index (χ1) is 24.4. The van der Waals surface area contributed by atoms with Gasteiger partial charge in [0.25, 0.3) is 0 Å². The van der Waals surface area contributed by atoms with Gasteiger partial charge in [0.15, 0.2) is 22.8 Å².